The summed E-state index contributed by atoms with van der Waals surface area (Å²) in [7, 11) is 0. The van der Waals surface area contributed by atoms with Crippen molar-refractivity contribution in [2.24, 2.45) is 39.9 Å². The van der Waals surface area contributed by atoms with Gasteiger partial charge in [0.25, 0.3) is 0 Å². The van der Waals surface area contributed by atoms with Crippen LogP contribution >= 0.6 is 0 Å². The summed E-state index contributed by atoms with van der Waals surface area (Å²) < 4.78 is 0. The van der Waals surface area contributed by atoms with E-state index in [9.17, 15) is 10.2 Å². The molecule has 0 aromatic rings. The van der Waals surface area contributed by atoms with Gasteiger partial charge in [-0.3, -0.25) is 4.90 Å². The molecule has 138 valence electrons. The van der Waals surface area contributed by atoms with Gasteiger partial charge in [0.15, 0.2) is 0 Å². The smallest absolute Gasteiger partial charge is 0.0814 e. The molecule has 7 fully saturated rings. The Morgan fingerprint density at radius 3 is 2.76 bits per heavy atom. The average Bonchev–Trinajstić information content (AvgIpc) is 2.99. The minimum absolute atomic E-state index is 0.0809. The summed E-state index contributed by atoms with van der Waals surface area (Å²) in [5, 5.41) is 22.9. The third-order valence-electron chi connectivity index (χ3n) is 10.5. The standard InChI is InChI=1S/C22H33NO2/c1-4-23-11-20(3)7-5-8-22-15(20)10-14(18(22)23)21-9-6-13(12(2)19(21)25)16(24)17(21)22/h13-19,24-25H,2,4-11H2,1,3H3/t13-,14+,15-,16+,17-,18-,19+,20?,21+,22?/m1/s1. The molecule has 7 rings (SSSR count). The Labute approximate surface area is 151 Å². The molecule has 3 heteroatoms. The van der Waals surface area contributed by atoms with Crippen LogP contribution in [0, 0.1) is 39.9 Å². The van der Waals surface area contributed by atoms with Gasteiger partial charge < -0.3 is 10.2 Å². The second-order valence-corrected chi connectivity index (χ2v) is 10.7. The van der Waals surface area contributed by atoms with E-state index in [0.29, 0.717) is 23.3 Å². The summed E-state index contributed by atoms with van der Waals surface area (Å²) in [6.07, 6.45) is 6.75. The summed E-state index contributed by atoms with van der Waals surface area (Å²) in [6.45, 7) is 11.5. The van der Waals surface area contributed by atoms with E-state index in [0.717, 1.165) is 30.9 Å². The van der Waals surface area contributed by atoms with Crippen molar-refractivity contribution in [2.75, 3.05) is 13.1 Å². The Morgan fingerprint density at radius 2 is 2.00 bits per heavy atom. The van der Waals surface area contributed by atoms with Crippen molar-refractivity contribution in [1.82, 2.24) is 4.90 Å². The van der Waals surface area contributed by atoms with Crippen molar-refractivity contribution in [3.05, 3.63) is 12.2 Å². The van der Waals surface area contributed by atoms with E-state index in [-0.39, 0.29) is 29.0 Å². The molecular weight excluding hydrogens is 310 g/mol. The number of likely N-dealkylation sites (tertiary alicyclic amines) is 1. The van der Waals surface area contributed by atoms with Crippen LogP contribution in [-0.4, -0.2) is 46.5 Å². The second-order valence-electron chi connectivity index (χ2n) is 10.7. The van der Waals surface area contributed by atoms with Crippen LogP contribution in [0.1, 0.15) is 52.4 Å². The first-order valence-electron chi connectivity index (χ1n) is 10.7. The van der Waals surface area contributed by atoms with Gasteiger partial charge in [0.1, 0.15) is 0 Å². The third-order valence-corrected chi connectivity index (χ3v) is 10.5. The fraction of sp³-hybridized carbons (Fsp3) is 0.909. The highest BCUT2D eigenvalue weighted by Gasteiger charge is 2.84. The molecule has 1 heterocycles. The topological polar surface area (TPSA) is 43.7 Å². The molecule has 6 aliphatic carbocycles. The summed E-state index contributed by atoms with van der Waals surface area (Å²) in [6, 6.07) is 0.592. The molecule has 0 aromatic carbocycles. The molecule has 6 saturated carbocycles. The first kappa shape index (κ1) is 15.7. The predicted molar refractivity (Wildman–Crippen MR) is 96.8 cm³/mol. The molecule has 2 unspecified atom stereocenters. The monoisotopic (exact) mass is 343 g/mol. The molecule has 2 N–H and O–H groups in total. The fourth-order valence-electron chi connectivity index (χ4n) is 10.1. The van der Waals surface area contributed by atoms with Crippen LogP contribution in [0.5, 0.6) is 0 Å². The normalized spacial score (nSPS) is 64.6. The molecule has 3 nitrogen and oxygen atoms in total. The van der Waals surface area contributed by atoms with E-state index in [4.69, 9.17) is 0 Å². The zero-order valence-electron chi connectivity index (χ0n) is 15.7. The molecule has 25 heavy (non-hydrogen) atoms. The van der Waals surface area contributed by atoms with Gasteiger partial charge in [-0.15, -0.1) is 0 Å². The van der Waals surface area contributed by atoms with E-state index in [1.807, 2.05) is 0 Å². The summed E-state index contributed by atoms with van der Waals surface area (Å²) in [4.78, 5) is 2.77. The maximum absolute atomic E-state index is 11.5. The molecule has 0 amide bonds. The van der Waals surface area contributed by atoms with Crippen LogP contribution in [0.2, 0.25) is 0 Å². The number of hydrogen-bond donors (Lipinski definition) is 2. The van der Waals surface area contributed by atoms with Crippen LogP contribution < -0.4 is 0 Å². The SMILES string of the molecule is C=C1[C@H]2CC[C@]3([C@H]1O)[C@H]1C[C@@H]4C5(C)CCCC4([C@@H]1N(CC)C5)[C@@H]3[C@H]2O. The van der Waals surface area contributed by atoms with Crippen LogP contribution in [-0.2, 0) is 0 Å². The fourth-order valence-corrected chi connectivity index (χ4v) is 10.1. The predicted octanol–water partition coefficient (Wildman–Crippen LogP) is 2.82. The van der Waals surface area contributed by atoms with Crippen LogP contribution in [0.15, 0.2) is 12.2 Å². The lowest BCUT2D eigenvalue weighted by atomic mass is 9.39. The number of rotatable bonds is 1. The van der Waals surface area contributed by atoms with Gasteiger partial charge in [-0.2, -0.15) is 0 Å². The number of piperidine rings is 1. The highest BCUT2D eigenvalue weighted by molar-refractivity contribution is 5.38. The van der Waals surface area contributed by atoms with Gasteiger partial charge >= 0.3 is 0 Å². The molecule has 7 bridgehead atoms. The average molecular weight is 344 g/mol. The Bertz CT molecular complexity index is 662. The molecule has 7 aliphatic rings. The Balaban J connectivity index is 1.60. The van der Waals surface area contributed by atoms with Crippen molar-refractivity contribution < 1.29 is 10.2 Å². The quantitative estimate of drug-likeness (QED) is 0.720. The molecule has 0 aromatic heterocycles. The lowest BCUT2D eigenvalue weighted by molar-refractivity contribution is -0.227. The lowest BCUT2D eigenvalue weighted by Gasteiger charge is -2.68. The van der Waals surface area contributed by atoms with Crippen molar-refractivity contribution >= 4 is 0 Å². The van der Waals surface area contributed by atoms with E-state index in [1.54, 1.807) is 0 Å². The lowest BCUT2D eigenvalue weighted by Crippen LogP contribution is -2.69. The zero-order valence-corrected chi connectivity index (χ0v) is 15.7. The molecule has 10 atom stereocenters. The summed E-state index contributed by atoms with van der Waals surface area (Å²) in [5.74, 6) is 1.77. The first-order chi connectivity index (χ1) is 11.9. The van der Waals surface area contributed by atoms with Crippen molar-refractivity contribution in [3.8, 4) is 0 Å². The van der Waals surface area contributed by atoms with Crippen molar-refractivity contribution in [2.45, 2.75) is 70.6 Å². The van der Waals surface area contributed by atoms with Gasteiger partial charge in [0.2, 0.25) is 0 Å². The van der Waals surface area contributed by atoms with Gasteiger partial charge in [0.05, 0.1) is 12.2 Å². The Morgan fingerprint density at radius 1 is 1.20 bits per heavy atom. The van der Waals surface area contributed by atoms with E-state index < -0.39 is 0 Å². The van der Waals surface area contributed by atoms with Crippen molar-refractivity contribution in [3.63, 3.8) is 0 Å². The first-order valence-corrected chi connectivity index (χ1v) is 10.7. The largest absolute Gasteiger partial charge is 0.392 e. The van der Waals surface area contributed by atoms with Gasteiger partial charge in [-0.05, 0) is 66.9 Å². The van der Waals surface area contributed by atoms with Gasteiger partial charge in [-0.1, -0.05) is 26.8 Å². The number of aliphatic hydroxyl groups is 2. The van der Waals surface area contributed by atoms with E-state index in [1.165, 1.54) is 32.2 Å². The summed E-state index contributed by atoms with van der Waals surface area (Å²) >= 11 is 0. The maximum Gasteiger partial charge on any atom is 0.0814 e. The van der Waals surface area contributed by atoms with Gasteiger partial charge in [-0.25, -0.2) is 0 Å². The minimum Gasteiger partial charge on any atom is -0.392 e. The second kappa shape index (κ2) is 4.36. The Kier molecular flexibility index (Phi) is 2.73. The number of fused-ring (bicyclic) bond motifs is 2. The highest BCUT2D eigenvalue weighted by Crippen LogP contribution is 2.83. The Hall–Kier alpha value is -0.380. The third kappa shape index (κ3) is 1.34. The van der Waals surface area contributed by atoms with Crippen molar-refractivity contribution in [1.29, 1.82) is 0 Å². The molecule has 1 saturated heterocycles. The van der Waals surface area contributed by atoms with Crippen LogP contribution in [0.3, 0.4) is 0 Å². The summed E-state index contributed by atoms with van der Waals surface area (Å²) in [5.41, 5.74) is 1.54. The van der Waals surface area contributed by atoms with Crippen LogP contribution in [0.4, 0.5) is 0 Å². The number of aliphatic hydroxyl groups excluding tert-OH is 2. The number of nitrogens with zero attached hydrogens (tertiary/aromatic N) is 1. The van der Waals surface area contributed by atoms with E-state index >= 15 is 0 Å². The zero-order chi connectivity index (χ0) is 17.4. The molecule has 2 spiro atoms. The highest BCUT2D eigenvalue weighted by atomic mass is 16.3. The molecule has 0 radical (unpaired) electrons. The maximum atomic E-state index is 11.5. The molecule has 1 aliphatic heterocycles. The molecular formula is C22H33NO2. The number of hydrogen-bond acceptors (Lipinski definition) is 3. The van der Waals surface area contributed by atoms with E-state index in [2.05, 4.69) is 25.3 Å². The van der Waals surface area contributed by atoms with Crippen LogP contribution in [0.25, 0.3) is 0 Å². The van der Waals surface area contributed by atoms with Gasteiger partial charge in [0, 0.05) is 29.8 Å². The minimum atomic E-state index is -0.377.